The number of benzene rings is 2. The largest absolute Gasteiger partial charge is 0.491 e. The number of unbranched alkanes of at least 4 members (excludes halogenated alkanes) is 1. The predicted octanol–water partition coefficient (Wildman–Crippen LogP) is 5.67. The van der Waals surface area contributed by atoms with E-state index in [0.29, 0.717) is 23.6 Å². The zero-order valence-corrected chi connectivity index (χ0v) is 16.4. The Kier molecular flexibility index (Phi) is 7.31. The van der Waals surface area contributed by atoms with Crippen LogP contribution in [0.1, 0.15) is 44.0 Å². The minimum Gasteiger partial charge on any atom is -0.491 e. The third-order valence-electron chi connectivity index (χ3n) is 3.45. The summed E-state index contributed by atoms with van der Waals surface area (Å²) in [6, 6.07) is 12.8. The molecule has 0 saturated heterocycles. The van der Waals surface area contributed by atoms with E-state index in [1.54, 1.807) is 18.2 Å². The number of nitrogens with one attached hydrogen (secondary N) is 1. The highest BCUT2D eigenvalue weighted by molar-refractivity contribution is 9.10. The number of hydrogen-bond donors (Lipinski definition) is 1. The summed E-state index contributed by atoms with van der Waals surface area (Å²) in [5, 5.41) is 2.92. The maximum absolute atomic E-state index is 12.6. The molecule has 0 atom stereocenters. The molecular weight excluding hydrogens is 382 g/mol. The van der Waals surface area contributed by atoms with Gasteiger partial charge in [-0.15, -0.1) is 0 Å². The van der Waals surface area contributed by atoms with Crippen LogP contribution >= 0.6 is 15.9 Å². The lowest BCUT2D eigenvalue weighted by Crippen LogP contribution is -2.13. The van der Waals surface area contributed by atoms with E-state index < -0.39 is 0 Å². The lowest BCUT2D eigenvalue weighted by Gasteiger charge is -2.14. The van der Waals surface area contributed by atoms with E-state index in [1.807, 2.05) is 38.1 Å². The van der Waals surface area contributed by atoms with Crippen molar-refractivity contribution in [3.63, 3.8) is 0 Å². The Morgan fingerprint density at radius 3 is 2.60 bits per heavy atom. The summed E-state index contributed by atoms with van der Waals surface area (Å²) in [6.07, 6.45) is 2.11. The second-order valence-electron chi connectivity index (χ2n) is 5.96. The average molecular weight is 406 g/mol. The Morgan fingerprint density at radius 1 is 1.16 bits per heavy atom. The molecule has 0 heterocycles. The minimum atomic E-state index is -0.191. The van der Waals surface area contributed by atoms with Crippen LogP contribution in [0.4, 0.5) is 5.69 Å². The highest BCUT2D eigenvalue weighted by atomic mass is 79.9. The smallest absolute Gasteiger partial charge is 0.255 e. The summed E-state index contributed by atoms with van der Waals surface area (Å²) in [5.41, 5.74) is 1.22. The molecule has 2 aromatic carbocycles. The van der Waals surface area contributed by atoms with E-state index in [0.717, 1.165) is 23.1 Å². The Bertz CT molecular complexity index is 716. The lowest BCUT2D eigenvalue weighted by atomic mass is 10.2. The summed E-state index contributed by atoms with van der Waals surface area (Å²) in [6.45, 7) is 6.67. The molecule has 0 spiro atoms. The van der Waals surface area contributed by atoms with Gasteiger partial charge in [-0.3, -0.25) is 4.79 Å². The minimum absolute atomic E-state index is 0.0723. The Morgan fingerprint density at radius 2 is 1.92 bits per heavy atom. The van der Waals surface area contributed by atoms with Gasteiger partial charge in [-0.1, -0.05) is 25.5 Å². The van der Waals surface area contributed by atoms with Gasteiger partial charge >= 0.3 is 0 Å². The molecule has 4 nitrogen and oxygen atoms in total. The maximum atomic E-state index is 12.6. The Balaban J connectivity index is 2.11. The van der Waals surface area contributed by atoms with Crippen LogP contribution in [0.25, 0.3) is 0 Å². The molecule has 1 N–H and O–H groups in total. The standard InChI is InChI=1S/C20H24BrNO3/c1-4-5-12-24-19-9-7-6-8-17(19)22-20(23)15-10-11-18(16(21)13-15)25-14(2)3/h6-11,13-14H,4-5,12H2,1-3H3,(H,22,23). The monoisotopic (exact) mass is 405 g/mol. The second-order valence-corrected chi connectivity index (χ2v) is 6.82. The van der Waals surface area contributed by atoms with Crippen molar-refractivity contribution in [1.29, 1.82) is 0 Å². The van der Waals surface area contributed by atoms with E-state index >= 15 is 0 Å². The predicted molar refractivity (Wildman–Crippen MR) is 105 cm³/mol. The van der Waals surface area contributed by atoms with Gasteiger partial charge in [-0.05, 0) is 66.5 Å². The fourth-order valence-corrected chi connectivity index (χ4v) is 2.68. The summed E-state index contributed by atoms with van der Waals surface area (Å²) in [5.74, 6) is 1.21. The third-order valence-corrected chi connectivity index (χ3v) is 4.07. The van der Waals surface area contributed by atoms with Crippen molar-refractivity contribution in [1.82, 2.24) is 0 Å². The van der Waals surface area contributed by atoms with Crippen LogP contribution in [0.2, 0.25) is 0 Å². The van der Waals surface area contributed by atoms with E-state index in [-0.39, 0.29) is 12.0 Å². The molecule has 0 fully saturated rings. The van der Waals surface area contributed by atoms with Gasteiger partial charge < -0.3 is 14.8 Å². The molecule has 2 aromatic rings. The van der Waals surface area contributed by atoms with Crippen LogP contribution < -0.4 is 14.8 Å². The van der Waals surface area contributed by atoms with Gasteiger partial charge in [0, 0.05) is 5.56 Å². The molecule has 0 saturated carbocycles. The molecule has 0 aromatic heterocycles. The van der Waals surface area contributed by atoms with Crippen LogP contribution in [0.3, 0.4) is 0 Å². The van der Waals surface area contributed by atoms with Crippen molar-refractivity contribution >= 4 is 27.5 Å². The SMILES string of the molecule is CCCCOc1ccccc1NC(=O)c1ccc(OC(C)C)c(Br)c1. The number of carbonyl (C=O) groups is 1. The number of halogens is 1. The number of para-hydroxylation sites is 2. The molecule has 5 heteroatoms. The molecule has 0 aliphatic heterocycles. The zero-order chi connectivity index (χ0) is 18.2. The van der Waals surface area contributed by atoms with Crippen LogP contribution in [0, 0.1) is 0 Å². The number of ether oxygens (including phenoxy) is 2. The highest BCUT2D eigenvalue weighted by Gasteiger charge is 2.12. The number of carbonyl (C=O) groups excluding carboxylic acids is 1. The Hall–Kier alpha value is -2.01. The van der Waals surface area contributed by atoms with Crippen molar-refractivity contribution < 1.29 is 14.3 Å². The van der Waals surface area contributed by atoms with Crippen molar-refractivity contribution in [3.05, 3.63) is 52.5 Å². The van der Waals surface area contributed by atoms with E-state index in [4.69, 9.17) is 9.47 Å². The Labute approximate surface area is 157 Å². The van der Waals surface area contributed by atoms with Gasteiger partial charge in [-0.25, -0.2) is 0 Å². The topological polar surface area (TPSA) is 47.6 Å². The van der Waals surface area contributed by atoms with Crippen molar-refractivity contribution in [2.75, 3.05) is 11.9 Å². The zero-order valence-electron chi connectivity index (χ0n) is 14.8. The molecule has 0 aliphatic rings. The van der Waals surface area contributed by atoms with E-state index in [2.05, 4.69) is 28.2 Å². The first-order valence-electron chi connectivity index (χ1n) is 8.50. The van der Waals surface area contributed by atoms with Crippen LogP contribution in [-0.4, -0.2) is 18.6 Å². The molecule has 0 aliphatic carbocycles. The number of hydrogen-bond acceptors (Lipinski definition) is 3. The van der Waals surface area contributed by atoms with Gasteiger partial charge in [0.1, 0.15) is 11.5 Å². The van der Waals surface area contributed by atoms with E-state index in [1.165, 1.54) is 0 Å². The molecule has 0 bridgehead atoms. The first-order valence-corrected chi connectivity index (χ1v) is 9.30. The molecule has 134 valence electrons. The molecule has 0 radical (unpaired) electrons. The van der Waals surface area contributed by atoms with Crippen LogP contribution in [0.15, 0.2) is 46.9 Å². The first-order chi connectivity index (χ1) is 12.0. The summed E-state index contributed by atoms with van der Waals surface area (Å²) >= 11 is 3.46. The molecule has 2 rings (SSSR count). The van der Waals surface area contributed by atoms with Crippen molar-refractivity contribution in [3.8, 4) is 11.5 Å². The van der Waals surface area contributed by atoms with Crippen LogP contribution in [0.5, 0.6) is 11.5 Å². The van der Waals surface area contributed by atoms with Gasteiger partial charge in [0.05, 0.1) is 22.9 Å². The number of anilines is 1. The lowest BCUT2D eigenvalue weighted by molar-refractivity contribution is 0.102. The van der Waals surface area contributed by atoms with Gasteiger partial charge in [0.25, 0.3) is 5.91 Å². The summed E-state index contributed by atoms with van der Waals surface area (Å²) in [7, 11) is 0. The normalized spacial score (nSPS) is 10.6. The average Bonchev–Trinajstić information content (AvgIpc) is 2.58. The first kappa shape index (κ1) is 19.3. The number of rotatable bonds is 8. The summed E-state index contributed by atoms with van der Waals surface area (Å²) < 4.78 is 12.2. The quantitative estimate of drug-likeness (QED) is 0.575. The molecule has 25 heavy (non-hydrogen) atoms. The number of amides is 1. The van der Waals surface area contributed by atoms with Crippen molar-refractivity contribution in [2.45, 2.75) is 39.7 Å². The van der Waals surface area contributed by atoms with Crippen molar-refractivity contribution in [2.24, 2.45) is 0 Å². The third kappa shape index (κ3) is 5.78. The summed E-state index contributed by atoms with van der Waals surface area (Å²) in [4.78, 5) is 12.6. The maximum Gasteiger partial charge on any atom is 0.255 e. The van der Waals surface area contributed by atoms with Gasteiger partial charge in [0.15, 0.2) is 0 Å². The molecule has 1 amide bonds. The fourth-order valence-electron chi connectivity index (χ4n) is 2.21. The van der Waals surface area contributed by atoms with Gasteiger partial charge in [0.2, 0.25) is 0 Å². The fraction of sp³-hybridized carbons (Fsp3) is 0.350. The second kappa shape index (κ2) is 9.47. The highest BCUT2D eigenvalue weighted by Crippen LogP contribution is 2.28. The van der Waals surface area contributed by atoms with Crippen LogP contribution in [-0.2, 0) is 0 Å². The molecule has 0 unspecified atom stereocenters. The van der Waals surface area contributed by atoms with E-state index in [9.17, 15) is 4.79 Å². The molecular formula is C20H24BrNO3. The van der Waals surface area contributed by atoms with Gasteiger partial charge in [-0.2, -0.15) is 0 Å².